The molecular weight excluding hydrogens is 492 g/mol. The van der Waals surface area contributed by atoms with E-state index in [-0.39, 0.29) is 11.9 Å². The molecule has 0 radical (unpaired) electrons. The number of likely N-dealkylation sites (N-methyl/N-ethyl adjacent to an activating group) is 1. The first-order chi connectivity index (χ1) is 17.7. The molecule has 5 N–H and O–H groups in total. The predicted molar refractivity (Wildman–Crippen MR) is 145 cm³/mol. The fourth-order valence-corrected chi connectivity index (χ4v) is 5.28. The van der Waals surface area contributed by atoms with Crippen molar-refractivity contribution in [3.05, 3.63) is 46.3 Å². The zero-order valence-corrected chi connectivity index (χ0v) is 21.8. The largest absolute Gasteiger partial charge is 0.495 e. The summed E-state index contributed by atoms with van der Waals surface area (Å²) in [6, 6.07) is 7.53. The number of nitrogens with one attached hydrogen (secondary N) is 3. The molecule has 37 heavy (non-hydrogen) atoms. The quantitative estimate of drug-likeness (QED) is 0.277. The van der Waals surface area contributed by atoms with Crippen LogP contribution >= 0.6 is 11.3 Å². The van der Waals surface area contributed by atoms with E-state index in [0.717, 1.165) is 23.1 Å². The lowest BCUT2D eigenvalue weighted by Gasteiger charge is -2.25. The number of primary amides is 1. The van der Waals surface area contributed by atoms with Crippen molar-refractivity contribution < 1.29 is 14.3 Å². The molecule has 1 aliphatic rings. The van der Waals surface area contributed by atoms with Crippen LogP contribution in [-0.2, 0) is 11.2 Å². The van der Waals surface area contributed by atoms with E-state index in [9.17, 15) is 9.59 Å². The van der Waals surface area contributed by atoms with E-state index in [1.807, 2.05) is 49.0 Å². The van der Waals surface area contributed by atoms with Crippen LogP contribution in [-0.4, -0.2) is 65.5 Å². The number of H-pyrrole nitrogens is 1. The van der Waals surface area contributed by atoms with E-state index in [4.69, 9.17) is 10.5 Å². The van der Waals surface area contributed by atoms with Gasteiger partial charge in [-0.25, -0.2) is 0 Å². The fourth-order valence-electron chi connectivity index (χ4n) is 4.58. The molecule has 0 saturated carbocycles. The molecule has 0 aliphatic carbocycles. The molecule has 2 amide bonds. The van der Waals surface area contributed by atoms with Gasteiger partial charge in [-0.05, 0) is 62.6 Å². The highest BCUT2D eigenvalue weighted by Gasteiger charge is 2.32. The zero-order valence-electron chi connectivity index (χ0n) is 21.0. The molecule has 3 aromatic heterocycles. The summed E-state index contributed by atoms with van der Waals surface area (Å²) in [5, 5.41) is 9.02. The third kappa shape index (κ3) is 4.68. The predicted octanol–water partition coefficient (Wildman–Crippen LogP) is 3.45. The van der Waals surface area contributed by atoms with Gasteiger partial charge >= 0.3 is 0 Å². The summed E-state index contributed by atoms with van der Waals surface area (Å²) in [5.41, 5.74) is 9.21. The Kier molecular flexibility index (Phi) is 6.44. The number of hydrogen-bond acceptors (Lipinski definition) is 9. The Morgan fingerprint density at radius 3 is 2.78 bits per heavy atom. The maximum atomic E-state index is 13.0. The summed E-state index contributed by atoms with van der Waals surface area (Å²) in [6.45, 7) is 2.36. The van der Waals surface area contributed by atoms with Gasteiger partial charge in [-0.1, -0.05) is 0 Å². The van der Waals surface area contributed by atoms with Gasteiger partial charge in [0, 0.05) is 17.9 Å². The third-order valence-electron chi connectivity index (χ3n) is 6.14. The molecule has 0 bridgehead atoms. The summed E-state index contributed by atoms with van der Waals surface area (Å²) in [7, 11) is 5.36. The number of thiophene rings is 1. The number of hydrogen-bond donors (Lipinski definition) is 4. The Bertz CT molecular complexity index is 1490. The molecule has 1 aliphatic heterocycles. The Balaban J connectivity index is 1.52. The molecule has 11 nitrogen and oxygen atoms in total. The SMILES string of the molecule is COc1cc2c(cc1Nc1nc(Nc3ccsc3C(N)=O)c3cc[nH]c3n1)N(C(=O)CN(C)C)C(C)C2. The third-order valence-corrected chi connectivity index (χ3v) is 7.07. The van der Waals surface area contributed by atoms with E-state index in [0.29, 0.717) is 46.0 Å². The van der Waals surface area contributed by atoms with Crippen molar-refractivity contribution in [1.29, 1.82) is 0 Å². The van der Waals surface area contributed by atoms with Gasteiger partial charge in [-0.15, -0.1) is 11.3 Å². The number of carbonyl (C=O) groups is 2. The van der Waals surface area contributed by atoms with Crippen LogP contribution in [0.1, 0.15) is 22.2 Å². The van der Waals surface area contributed by atoms with Gasteiger partial charge in [0.15, 0.2) is 0 Å². The molecule has 1 aromatic carbocycles. The maximum absolute atomic E-state index is 13.0. The van der Waals surface area contributed by atoms with Crippen LogP contribution in [0, 0.1) is 0 Å². The van der Waals surface area contributed by atoms with E-state index in [1.165, 1.54) is 11.3 Å². The summed E-state index contributed by atoms with van der Waals surface area (Å²) >= 11 is 1.26. The lowest BCUT2D eigenvalue weighted by Crippen LogP contribution is -2.41. The number of ether oxygens (including phenoxy) is 1. The first kappa shape index (κ1) is 24.5. The number of fused-ring (bicyclic) bond motifs is 2. The Morgan fingerprint density at radius 2 is 2.05 bits per heavy atom. The van der Waals surface area contributed by atoms with E-state index < -0.39 is 5.91 Å². The molecule has 12 heteroatoms. The Hall–Kier alpha value is -4.16. The summed E-state index contributed by atoms with van der Waals surface area (Å²) < 4.78 is 5.67. The van der Waals surface area contributed by atoms with Gasteiger partial charge in [0.2, 0.25) is 11.9 Å². The highest BCUT2D eigenvalue weighted by Crippen LogP contribution is 2.41. The molecule has 1 unspecified atom stereocenters. The second kappa shape index (κ2) is 9.71. The number of carbonyl (C=O) groups excluding carboxylic acids is 2. The minimum Gasteiger partial charge on any atom is -0.495 e. The number of methoxy groups -OCH3 is 1. The highest BCUT2D eigenvalue weighted by molar-refractivity contribution is 7.12. The Morgan fingerprint density at radius 1 is 1.24 bits per heavy atom. The zero-order chi connectivity index (χ0) is 26.3. The number of rotatable bonds is 8. The normalized spacial score (nSPS) is 14.7. The minimum atomic E-state index is -0.513. The van der Waals surface area contributed by atoms with E-state index in [1.54, 1.807) is 24.8 Å². The number of aromatic amines is 1. The van der Waals surface area contributed by atoms with E-state index in [2.05, 4.69) is 25.6 Å². The van der Waals surface area contributed by atoms with Crippen molar-refractivity contribution in [2.75, 3.05) is 43.3 Å². The molecule has 4 aromatic rings. The standard InChI is InChI=1S/C25H28N8O3S/c1-13-9-14-10-19(36-4)17(11-18(14)33(13)20(34)12-32(2)3)29-25-30-23-15(5-7-27-23)24(31-25)28-16-6-8-37-21(16)22(26)35/h5-8,10-11,13H,9,12H2,1-4H3,(H2,26,35)(H3,27,28,29,30,31). The van der Waals surface area contributed by atoms with Crippen molar-refractivity contribution >= 4 is 63.0 Å². The number of benzene rings is 1. The molecule has 0 fully saturated rings. The van der Waals surface area contributed by atoms with Crippen LogP contribution in [0.5, 0.6) is 5.75 Å². The number of amides is 2. The minimum absolute atomic E-state index is 0.0314. The smallest absolute Gasteiger partial charge is 0.260 e. The first-order valence-electron chi connectivity index (χ1n) is 11.7. The summed E-state index contributed by atoms with van der Waals surface area (Å²) in [5.74, 6) is 0.950. The van der Waals surface area contributed by atoms with Gasteiger partial charge in [0.25, 0.3) is 5.91 Å². The molecule has 0 saturated heterocycles. The second-order valence-corrected chi connectivity index (χ2v) is 10.1. The molecule has 0 spiro atoms. The molecular formula is C25H28N8O3S. The second-order valence-electron chi connectivity index (χ2n) is 9.15. The van der Waals surface area contributed by atoms with Gasteiger partial charge in [-0.2, -0.15) is 9.97 Å². The fraction of sp³-hybridized carbons (Fsp3) is 0.280. The number of nitrogens with zero attached hydrogens (tertiary/aromatic N) is 4. The van der Waals surface area contributed by atoms with Gasteiger partial charge in [0.1, 0.15) is 22.1 Å². The van der Waals surface area contributed by atoms with Crippen LogP contribution < -0.4 is 26.0 Å². The average molecular weight is 521 g/mol. The van der Waals surface area contributed by atoms with Crippen LogP contribution in [0.25, 0.3) is 11.0 Å². The highest BCUT2D eigenvalue weighted by atomic mass is 32.1. The number of nitrogens with two attached hydrogens (primary N) is 1. The number of aromatic nitrogens is 3. The van der Waals surface area contributed by atoms with Crippen molar-refractivity contribution in [3.8, 4) is 5.75 Å². The maximum Gasteiger partial charge on any atom is 0.260 e. The van der Waals surface area contributed by atoms with Crippen LogP contribution in [0.2, 0.25) is 0 Å². The lowest BCUT2D eigenvalue weighted by molar-refractivity contribution is -0.119. The first-order valence-corrected chi connectivity index (χ1v) is 12.6. The average Bonchev–Trinajstić information content (AvgIpc) is 3.56. The molecule has 1 atom stereocenters. The van der Waals surface area contributed by atoms with E-state index >= 15 is 0 Å². The monoisotopic (exact) mass is 520 g/mol. The van der Waals surface area contributed by atoms with Gasteiger partial charge in [0.05, 0.1) is 30.4 Å². The van der Waals surface area contributed by atoms with Crippen molar-refractivity contribution in [2.45, 2.75) is 19.4 Å². The summed E-state index contributed by atoms with van der Waals surface area (Å²) in [4.78, 5) is 41.3. The lowest BCUT2D eigenvalue weighted by atomic mass is 10.1. The molecule has 4 heterocycles. The Labute approximate surface area is 217 Å². The van der Waals surface area contributed by atoms with Gasteiger partial charge in [-0.3, -0.25) is 9.59 Å². The molecule has 192 valence electrons. The van der Waals surface area contributed by atoms with Crippen molar-refractivity contribution in [3.63, 3.8) is 0 Å². The number of anilines is 5. The van der Waals surface area contributed by atoms with Crippen LogP contribution in [0.15, 0.2) is 35.8 Å². The van der Waals surface area contributed by atoms with Crippen molar-refractivity contribution in [1.82, 2.24) is 19.9 Å². The van der Waals surface area contributed by atoms with Crippen LogP contribution in [0.3, 0.4) is 0 Å². The summed E-state index contributed by atoms with van der Waals surface area (Å²) in [6.07, 6.45) is 2.51. The van der Waals surface area contributed by atoms with Crippen molar-refractivity contribution in [2.24, 2.45) is 5.73 Å². The molecule has 5 rings (SSSR count). The van der Waals surface area contributed by atoms with Crippen LogP contribution in [0.4, 0.5) is 28.8 Å². The van der Waals surface area contributed by atoms with Gasteiger partial charge < -0.3 is 35.9 Å². The topological polar surface area (TPSA) is 142 Å².